The highest BCUT2D eigenvalue weighted by molar-refractivity contribution is 5.85. The third-order valence-electron chi connectivity index (χ3n) is 2.98. The van der Waals surface area contributed by atoms with Crippen molar-refractivity contribution >= 4 is 17.7 Å². The number of aryl methyl sites for hydroxylation is 1. The lowest BCUT2D eigenvalue weighted by atomic mass is 10.1. The maximum Gasteiger partial charge on any atom is 0.328 e. The van der Waals surface area contributed by atoms with Crippen molar-refractivity contribution in [3.63, 3.8) is 0 Å². The molecule has 1 aromatic rings. The molecule has 1 N–H and O–H groups in total. The van der Waals surface area contributed by atoms with Crippen LogP contribution in [0.1, 0.15) is 25.0 Å². The van der Waals surface area contributed by atoms with Crippen molar-refractivity contribution in [3.8, 4) is 0 Å². The number of carbonyl (C=O) groups is 1. The third-order valence-corrected chi connectivity index (χ3v) is 2.98. The molecule has 0 spiro atoms. The van der Waals surface area contributed by atoms with Gasteiger partial charge in [0.15, 0.2) is 0 Å². The molecule has 0 heterocycles. The number of carboxylic acids is 1. The second-order valence-electron chi connectivity index (χ2n) is 5.05. The molecule has 4 heteroatoms. The Labute approximate surface area is 120 Å². The number of anilines is 1. The predicted molar refractivity (Wildman–Crippen MR) is 82.2 cm³/mol. The van der Waals surface area contributed by atoms with E-state index in [0.29, 0.717) is 6.61 Å². The van der Waals surface area contributed by atoms with E-state index in [4.69, 9.17) is 9.84 Å². The summed E-state index contributed by atoms with van der Waals surface area (Å²) in [7, 11) is 2.02. The highest BCUT2D eigenvalue weighted by atomic mass is 16.5. The first-order chi connectivity index (χ1) is 9.40. The highest BCUT2D eigenvalue weighted by Gasteiger charge is 2.04. The normalized spacial score (nSPS) is 11.2. The quantitative estimate of drug-likeness (QED) is 0.778. The van der Waals surface area contributed by atoms with Gasteiger partial charge >= 0.3 is 5.97 Å². The van der Waals surface area contributed by atoms with Crippen molar-refractivity contribution in [2.45, 2.75) is 26.9 Å². The molecule has 4 nitrogen and oxygen atoms in total. The lowest BCUT2D eigenvalue weighted by Gasteiger charge is -2.21. The average Bonchev–Trinajstić information content (AvgIpc) is 2.36. The van der Waals surface area contributed by atoms with E-state index >= 15 is 0 Å². The maximum absolute atomic E-state index is 10.5. The van der Waals surface area contributed by atoms with Gasteiger partial charge in [-0.05, 0) is 50.1 Å². The van der Waals surface area contributed by atoms with Crippen LogP contribution in [0.15, 0.2) is 24.3 Å². The Balaban J connectivity index is 2.68. The fraction of sp³-hybridized carbons (Fsp3) is 0.438. The van der Waals surface area contributed by atoms with E-state index < -0.39 is 5.97 Å². The predicted octanol–water partition coefficient (Wildman–Crippen LogP) is 2.95. The van der Waals surface area contributed by atoms with Gasteiger partial charge in [0.25, 0.3) is 0 Å². The number of nitrogens with zero attached hydrogens (tertiary/aromatic N) is 1. The number of hydrogen-bond acceptors (Lipinski definition) is 3. The summed E-state index contributed by atoms with van der Waals surface area (Å²) in [5.74, 6) is -0.934. The molecule has 0 radical (unpaired) electrons. The molecule has 0 aliphatic heterocycles. The smallest absolute Gasteiger partial charge is 0.328 e. The summed E-state index contributed by atoms with van der Waals surface area (Å²) in [6.07, 6.45) is 3.01. The third kappa shape index (κ3) is 5.45. The zero-order valence-corrected chi connectivity index (χ0v) is 12.6. The summed E-state index contributed by atoms with van der Waals surface area (Å²) < 4.78 is 5.53. The lowest BCUT2D eigenvalue weighted by Crippen LogP contribution is -2.23. The van der Waals surface area contributed by atoms with Crippen LogP contribution >= 0.6 is 0 Å². The monoisotopic (exact) mass is 277 g/mol. The van der Waals surface area contributed by atoms with Crippen LogP contribution in [-0.4, -0.2) is 37.4 Å². The van der Waals surface area contributed by atoms with E-state index in [1.165, 1.54) is 0 Å². The highest BCUT2D eigenvalue weighted by Crippen LogP contribution is 2.19. The number of hydrogen-bond donors (Lipinski definition) is 1. The largest absolute Gasteiger partial charge is 0.478 e. The first-order valence-electron chi connectivity index (χ1n) is 6.74. The Hall–Kier alpha value is -1.81. The molecule has 0 saturated heterocycles. The van der Waals surface area contributed by atoms with Crippen molar-refractivity contribution in [1.82, 2.24) is 0 Å². The molecular formula is C16H23NO3. The van der Waals surface area contributed by atoms with Crippen LogP contribution in [0.5, 0.6) is 0 Å². The Morgan fingerprint density at radius 3 is 2.70 bits per heavy atom. The summed E-state index contributed by atoms with van der Waals surface area (Å²) in [5.41, 5.74) is 3.07. The number of ether oxygens (including phenoxy) is 1. The number of rotatable bonds is 7. The van der Waals surface area contributed by atoms with Gasteiger partial charge in [0.1, 0.15) is 0 Å². The number of likely N-dealkylation sites (N-methyl/N-ethyl adjacent to an activating group) is 1. The minimum absolute atomic E-state index is 0.244. The minimum atomic E-state index is -0.934. The van der Waals surface area contributed by atoms with Crippen molar-refractivity contribution < 1.29 is 14.6 Å². The van der Waals surface area contributed by atoms with Crippen LogP contribution in [0.2, 0.25) is 0 Å². The summed E-state index contributed by atoms with van der Waals surface area (Å²) in [6.45, 7) is 7.53. The van der Waals surface area contributed by atoms with Gasteiger partial charge in [-0.15, -0.1) is 0 Å². The topological polar surface area (TPSA) is 49.8 Å². The molecule has 20 heavy (non-hydrogen) atoms. The number of aliphatic carboxylic acids is 1. The van der Waals surface area contributed by atoms with Crippen molar-refractivity contribution in [3.05, 3.63) is 35.4 Å². The van der Waals surface area contributed by atoms with Crippen LogP contribution in [0.3, 0.4) is 0 Å². The second kappa shape index (κ2) is 7.70. The van der Waals surface area contributed by atoms with E-state index in [-0.39, 0.29) is 6.10 Å². The Morgan fingerprint density at radius 2 is 2.15 bits per heavy atom. The van der Waals surface area contributed by atoms with Gasteiger partial charge in [0.2, 0.25) is 0 Å². The van der Waals surface area contributed by atoms with Crippen LogP contribution < -0.4 is 4.90 Å². The fourth-order valence-corrected chi connectivity index (χ4v) is 1.80. The number of benzene rings is 1. The average molecular weight is 277 g/mol. The van der Waals surface area contributed by atoms with Gasteiger partial charge in [0.05, 0.1) is 12.7 Å². The molecule has 0 fully saturated rings. The lowest BCUT2D eigenvalue weighted by molar-refractivity contribution is -0.131. The van der Waals surface area contributed by atoms with Crippen LogP contribution in [0.4, 0.5) is 5.69 Å². The molecule has 0 aliphatic carbocycles. The van der Waals surface area contributed by atoms with Crippen LogP contribution in [0, 0.1) is 6.92 Å². The molecule has 0 unspecified atom stereocenters. The van der Waals surface area contributed by atoms with E-state index in [9.17, 15) is 4.79 Å². The maximum atomic E-state index is 10.5. The van der Waals surface area contributed by atoms with Crippen molar-refractivity contribution in [2.75, 3.05) is 25.1 Å². The molecule has 1 aromatic carbocycles. The van der Waals surface area contributed by atoms with E-state index in [0.717, 1.165) is 29.4 Å². The van der Waals surface area contributed by atoms with Gasteiger partial charge in [-0.3, -0.25) is 0 Å². The summed E-state index contributed by atoms with van der Waals surface area (Å²) in [5, 5.41) is 8.64. The second-order valence-corrected chi connectivity index (χ2v) is 5.05. The van der Waals surface area contributed by atoms with Gasteiger partial charge < -0.3 is 14.7 Å². The SMILES string of the molecule is Cc1cc(N(C)CCOC(C)C)ccc1/C=C/C(=O)O. The molecule has 0 aliphatic rings. The first-order valence-corrected chi connectivity index (χ1v) is 6.74. The molecule has 0 amide bonds. The number of carboxylic acid groups (broad SMARTS) is 1. The molecule has 110 valence electrons. The minimum Gasteiger partial charge on any atom is -0.478 e. The molecule has 0 aromatic heterocycles. The molecule has 0 saturated carbocycles. The van der Waals surface area contributed by atoms with Crippen LogP contribution in [-0.2, 0) is 9.53 Å². The van der Waals surface area contributed by atoms with Crippen molar-refractivity contribution in [2.24, 2.45) is 0 Å². The van der Waals surface area contributed by atoms with Gasteiger partial charge in [-0.1, -0.05) is 6.07 Å². The Bertz CT molecular complexity index is 481. The van der Waals surface area contributed by atoms with Gasteiger partial charge in [0, 0.05) is 25.4 Å². The zero-order chi connectivity index (χ0) is 15.1. The van der Waals surface area contributed by atoms with Crippen molar-refractivity contribution in [1.29, 1.82) is 0 Å². The summed E-state index contributed by atoms with van der Waals surface area (Å²) in [4.78, 5) is 12.6. The standard InChI is InChI=1S/C16H23NO3/c1-12(2)20-10-9-17(4)15-7-5-14(13(3)11-15)6-8-16(18)19/h5-8,11-12H,9-10H2,1-4H3,(H,18,19)/b8-6+. The molecule has 1 rings (SSSR count). The summed E-state index contributed by atoms with van der Waals surface area (Å²) >= 11 is 0. The summed E-state index contributed by atoms with van der Waals surface area (Å²) in [6, 6.07) is 5.98. The van der Waals surface area contributed by atoms with Gasteiger partial charge in [-0.2, -0.15) is 0 Å². The van der Waals surface area contributed by atoms with E-state index in [2.05, 4.69) is 11.0 Å². The molecule has 0 bridgehead atoms. The molecular weight excluding hydrogens is 254 g/mol. The zero-order valence-electron chi connectivity index (χ0n) is 12.6. The first kappa shape index (κ1) is 16.2. The fourth-order valence-electron chi connectivity index (χ4n) is 1.80. The van der Waals surface area contributed by atoms with E-state index in [1.54, 1.807) is 6.08 Å². The van der Waals surface area contributed by atoms with Gasteiger partial charge in [-0.25, -0.2) is 4.79 Å². The Morgan fingerprint density at radius 1 is 1.45 bits per heavy atom. The Kier molecular flexibility index (Phi) is 6.25. The van der Waals surface area contributed by atoms with E-state index in [1.807, 2.05) is 40.0 Å². The molecule has 0 atom stereocenters. The van der Waals surface area contributed by atoms with Crippen LogP contribution in [0.25, 0.3) is 6.08 Å².